The molecule has 1 aromatic carbocycles. The van der Waals surface area contributed by atoms with Crippen LogP contribution in [-0.4, -0.2) is 22.1 Å². The molecule has 0 bridgehead atoms. The molecule has 0 fully saturated rings. The molecule has 4 nitrogen and oxygen atoms in total. The van der Waals surface area contributed by atoms with Crippen molar-refractivity contribution in [2.45, 2.75) is 6.42 Å². The first-order chi connectivity index (χ1) is 8.68. The van der Waals surface area contributed by atoms with Crippen molar-refractivity contribution in [3.8, 4) is 0 Å². The predicted molar refractivity (Wildman–Crippen MR) is 61.1 cm³/mol. The van der Waals surface area contributed by atoms with Gasteiger partial charge < -0.3 is 5.32 Å². The van der Waals surface area contributed by atoms with E-state index in [9.17, 15) is 13.6 Å². The Morgan fingerprint density at radius 3 is 2.67 bits per heavy atom. The van der Waals surface area contributed by atoms with Gasteiger partial charge in [0.2, 0.25) is 0 Å². The van der Waals surface area contributed by atoms with E-state index < -0.39 is 11.6 Å². The highest BCUT2D eigenvalue weighted by Gasteiger charge is 2.09. The Kier molecular flexibility index (Phi) is 3.66. The van der Waals surface area contributed by atoms with Crippen LogP contribution in [0.1, 0.15) is 5.56 Å². The van der Waals surface area contributed by atoms with Gasteiger partial charge >= 0.3 is 6.03 Å². The highest BCUT2D eigenvalue weighted by Crippen LogP contribution is 2.11. The molecular weight excluding hydrogens is 240 g/mol. The Morgan fingerprint density at radius 1 is 1.33 bits per heavy atom. The fraction of sp³-hybridized carbons (Fsp3) is 0.167. The minimum Gasteiger partial charge on any atom is -0.337 e. The van der Waals surface area contributed by atoms with E-state index in [1.165, 1.54) is 41.5 Å². The van der Waals surface area contributed by atoms with Crippen molar-refractivity contribution in [3.63, 3.8) is 0 Å². The number of halogens is 2. The lowest BCUT2D eigenvalue weighted by Gasteiger charge is -2.07. The van der Waals surface area contributed by atoms with Crippen molar-refractivity contribution in [2.75, 3.05) is 6.54 Å². The van der Waals surface area contributed by atoms with Gasteiger partial charge in [0.15, 0.2) is 0 Å². The van der Waals surface area contributed by atoms with Crippen molar-refractivity contribution in [1.82, 2.24) is 14.9 Å². The number of carbonyl (C=O) groups is 1. The Balaban J connectivity index is 1.91. The van der Waals surface area contributed by atoms with E-state index in [0.29, 0.717) is 0 Å². The van der Waals surface area contributed by atoms with Gasteiger partial charge in [-0.25, -0.2) is 18.6 Å². The third-order valence-electron chi connectivity index (χ3n) is 2.45. The zero-order valence-electron chi connectivity index (χ0n) is 9.44. The van der Waals surface area contributed by atoms with Crippen molar-refractivity contribution >= 4 is 6.03 Å². The van der Waals surface area contributed by atoms with E-state index >= 15 is 0 Å². The molecule has 1 aromatic heterocycles. The van der Waals surface area contributed by atoms with Crippen LogP contribution in [-0.2, 0) is 6.42 Å². The number of carbonyl (C=O) groups excluding carboxylic acids is 1. The summed E-state index contributed by atoms with van der Waals surface area (Å²) < 4.78 is 27.8. The SMILES string of the molecule is O=C(NCCc1c(F)cccc1F)n1ccnc1. The Hall–Kier alpha value is -2.24. The minimum absolute atomic E-state index is 0.0246. The highest BCUT2D eigenvalue weighted by atomic mass is 19.1. The smallest absolute Gasteiger partial charge is 0.326 e. The Morgan fingerprint density at radius 2 is 2.06 bits per heavy atom. The highest BCUT2D eigenvalue weighted by molar-refractivity contribution is 5.76. The summed E-state index contributed by atoms with van der Waals surface area (Å²) in [6.45, 7) is 0.148. The summed E-state index contributed by atoms with van der Waals surface area (Å²) in [5, 5.41) is 2.54. The maximum atomic E-state index is 13.3. The quantitative estimate of drug-likeness (QED) is 0.906. The first kappa shape index (κ1) is 12.2. The fourth-order valence-electron chi connectivity index (χ4n) is 1.54. The number of hydrogen-bond acceptors (Lipinski definition) is 2. The van der Waals surface area contributed by atoms with E-state index in [2.05, 4.69) is 10.3 Å². The summed E-state index contributed by atoms with van der Waals surface area (Å²) in [6, 6.07) is 3.30. The predicted octanol–water partition coefficient (Wildman–Crippen LogP) is 1.96. The molecule has 1 heterocycles. The van der Waals surface area contributed by atoms with Crippen molar-refractivity contribution < 1.29 is 13.6 Å². The van der Waals surface area contributed by atoms with Gasteiger partial charge in [-0.1, -0.05) is 6.07 Å². The third kappa shape index (κ3) is 2.71. The summed E-state index contributed by atoms with van der Waals surface area (Å²) in [5.74, 6) is -1.21. The first-order valence-corrected chi connectivity index (χ1v) is 5.37. The number of nitrogens with one attached hydrogen (secondary N) is 1. The van der Waals surface area contributed by atoms with Gasteiger partial charge in [-0.3, -0.25) is 4.57 Å². The molecule has 1 N–H and O–H groups in total. The van der Waals surface area contributed by atoms with E-state index in [1.807, 2.05) is 0 Å². The van der Waals surface area contributed by atoms with E-state index in [4.69, 9.17) is 0 Å². The molecule has 0 aliphatic heterocycles. The van der Waals surface area contributed by atoms with Crippen molar-refractivity contribution in [1.29, 1.82) is 0 Å². The molecule has 0 aliphatic carbocycles. The largest absolute Gasteiger partial charge is 0.337 e. The average Bonchev–Trinajstić information content (AvgIpc) is 2.86. The lowest BCUT2D eigenvalue weighted by atomic mass is 10.1. The van der Waals surface area contributed by atoms with E-state index in [0.717, 1.165) is 0 Å². The Bertz CT molecular complexity index is 520. The summed E-state index contributed by atoms with van der Waals surface area (Å²) in [5.41, 5.74) is -0.0246. The van der Waals surface area contributed by atoms with Crippen LogP contribution in [0.25, 0.3) is 0 Å². The number of amides is 1. The second-order valence-electron chi connectivity index (χ2n) is 3.65. The van der Waals surface area contributed by atoms with Crippen LogP contribution in [0, 0.1) is 11.6 Å². The molecular formula is C12H11F2N3O. The van der Waals surface area contributed by atoms with Crippen molar-refractivity contribution in [3.05, 3.63) is 54.1 Å². The molecule has 0 aliphatic rings. The molecule has 2 aromatic rings. The standard InChI is InChI=1S/C12H11F2N3O/c13-10-2-1-3-11(14)9(10)4-5-16-12(18)17-7-6-15-8-17/h1-3,6-8H,4-5H2,(H,16,18). The third-order valence-corrected chi connectivity index (χ3v) is 2.45. The lowest BCUT2D eigenvalue weighted by Crippen LogP contribution is -2.29. The fourth-order valence-corrected chi connectivity index (χ4v) is 1.54. The van der Waals surface area contributed by atoms with Gasteiger partial charge in [0.1, 0.15) is 18.0 Å². The monoisotopic (exact) mass is 251 g/mol. The first-order valence-electron chi connectivity index (χ1n) is 5.37. The number of hydrogen-bond donors (Lipinski definition) is 1. The summed E-state index contributed by atoms with van der Waals surface area (Å²) in [4.78, 5) is 15.2. The number of benzene rings is 1. The summed E-state index contributed by atoms with van der Waals surface area (Å²) in [6.07, 6.45) is 4.40. The zero-order valence-corrected chi connectivity index (χ0v) is 9.44. The normalized spacial score (nSPS) is 10.3. The minimum atomic E-state index is -0.605. The van der Waals surface area contributed by atoms with Gasteiger partial charge in [-0.15, -0.1) is 0 Å². The number of nitrogens with zero attached hydrogens (tertiary/aromatic N) is 2. The van der Waals surface area contributed by atoms with Crippen LogP contribution in [0.4, 0.5) is 13.6 Å². The van der Waals surface area contributed by atoms with Crippen LogP contribution in [0.15, 0.2) is 36.9 Å². The molecule has 0 saturated carbocycles. The van der Waals surface area contributed by atoms with E-state index in [1.54, 1.807) is 0 Å². The molecule has 0 spiro atoms. The topological polar surface area (TPSA) is 46.9 Å². The van der Waals surface area contributed by atoms with Crippen molar-refractivity contribution in [2.24, 2.45) is 0 Å². The van der Waals surface area contributed by atoms with Crippen LogP contribution in [0.5, 0.6) is 0 Å². The van der Waals surface area contributed by atoms with Crippen LogP contribution < -0.4 is 5.32 Å². The zero-order chi connectivity index (χ0) is 13.0. The second kappa shape index (κ2) is 5.39. The molecule has 0 unspecified atom stereocenters. The number of rotatable bonds is 3. The molecule has 18 heavy (non-hydrogen) atoms. The van der Waals surface area contributed by atoms with Gasteiger partial charge in [-0.2, -0.15) is 0 Å². The number of imidazole rings is 1. The lowest BCUT2D eigenvalue weighted by molar-refractivity contribution is 0.242. The number of aromatic nitrogens is 2. The van der Waals surface area contributed by atoms with Gasteiger partial charge in [0.05, 0.1) is 0 Å². The maximum Gasteiger partial charge on any atom is 0.326 e. The van der Waals surface area contributed by atoms with Gasteiger partial charge in [0.25, 0.3) is 0 Å². The van der Waals surface area contributed by atoms with Crippen LogP contribution in [0.2, 0.25) is 0 Å². The average molecular weight is 251 g/mol. The molecule has 94 valence electrons. The molecule has 0 saturated heterocycles. The Labute approximate surface area is 102 Å². The van der Waals surface area contributed by atoms with E-state index in [-0.39, 0.29) is 24.6 Å². The summed E-state index contributed by atoms with van der Waals surface area (Å²) in [7, 11) is 0. The molecule has 6 heteroatoms. The maximum absolute atomic E-state index is 13.3. The van der Waals surface area contributed by atoms with Crippen LogP contribution in [0.3, 0.4) is 0 Å². The molecule has 1 amide bonds. The molecule has 0 atom stereocenters. The summed E-state index contributed by atoms with van der Waals surface area (Å²) >= 11 is 0. The molecule has 2 rings (SSSR count). The second-order valence-corrected chi connectivity index (χ2v) is 3.65. The van der Waals surface area contributed by atoms with Crippen LogP contribution >= 0.6 is 0 Å². The van der Waals surface area contributed by atoms with Gasteiger partial charge in [0, 0.05) is 24.5 Å². The van der Waals surface area contributed by atoms with Gasteiger partial charge in [-0.05, 0) is 18.6 Å². The molecule has 0 radical (unpaired) electrons.